The molecule has 0 aliphatic heterocycles. The van der Waals surface area contributed by atoms with Gasteiger partial charge in [0, 0.05) is 11.9 Å². The van der Waals surface area contributed by atoms with Gasteiger partial charge in [0.15, 0.2) is 0 Å². The summed E-state index contributed by atoms with van der Waals surface area (Å²) in [5.74, 6) is 0.490. The number of hydrogen-bond acceptors (Lipinski definition) is 1. The van der Waals surface area contributed by atoms with Gasteiger partial charge in [-0.1, -0.05) is 29.3 Å². The largest absolute Gasteiger partial charge is 0.396 e. The van der Waals surface area contributed by atoms with Gasteiger partial charge in [0.2, 0.25) is 0 Å². The van der Waals surface area contributed by atoms with Crippen LogP contribution < -0.4 is 0 Å². The molecule has 0 aromatic heterocycles. The molecule has 1 N–H and O–H groups in total. The van der Waals surface area contributed by atoms with Crippen LogP contribution >= 0.6 is 15.9 Å². The second kappa shape index (κ2) is 6.56. The highest BCUT2D eigenvalue weighted by atomic mass is 79.9. The second-order valence-corrected chi connectivity index (χ2v) is 3.27. The topological polar surface area (TPSA) is 20.2 Å². The molecule has 0 spiro atoms. The van der Waals surface area contributed by atoms with Gasteiger partial charge in [-0.15, -0.1) is 0 Å². The van der Waals surface area contributed by atoms with E-state index in [1.54, 1.807) is 0 Å². The Labute approximate surface area is 65.6 Å². The summed E-state index contributed by atoms with van der Waals surface area (Å²) < 4.78 is 0. The standard InChI is InChI=1S/C7H15BrO/c1-7(6-9)4-2-3-5-8/h7,9H,2-6H2,1H3/t7-/m0/s1. The lowest BCUT2D eigenvalue weighted by Gasteiger charge is -2.04. The van der Waals surface area contributed by atoms with Crippen molar-refractivity contribution in [2.24, 2.45) is 5.92 Å². The van der Waals surface area contributed by atoms with E-state index in [1.807, 2.05) is 0 Å². The zero-order valence-corrected chi connectivity index (χ0v) is 7.52. The van der Waals surface area contributed by atoms with E-state index < -0.39 is 0 Å². The van der Waals surface area contributed by atoms with E-state index >= 15 is 0 Å². The molecule has 0 aliphatic carbocycles. The molecule has 0 rings (SSSR count). The van der Waals surface area contributed by atoms with E-state index in [2.05, 4.69) is 22.9 Å². The van der Waals surface area contributed by atoms with Gasteiger partial charge in [-0.2, -0.15) is 0 Å². The average molecular weight is 195 g/mol. The monoisotopic (exact) mass is 194 g/mol. The van der Waals surface area contributed by atoms with Crippen LogP contribution in [0.4, 0.5) is 0 Å². The molecule has 0 amide bonds. The molecule has 1 atom stereocenters. The minimum absolute atomic E-state index is 0.336. The van der Waals surface area contributed by atoms with Crippen LogP contribution in [0, 0.1) is 5.92 Å². The molecule has 0 radical (unpaired) electrons. The van der Waals surface area contributed by atoms with E-state index in [0.717, 1.165) is 11.8 Å². The van der Waals surface area contributed by atoms with E-state index in [9.17, 15) is 0 Å². The van der Waals surface area contributed by atoms with Crippen molar-refractivity contribution in [3.05, 3.63) is 0 Å². The lowest BCUT2D eigenvalue weighted by Crippen LogP contribution is -1.99. The van der Waals surface area contributed by atoms with Crippen LogP contribution in [-0.2, 0) is 0 Å². The smallest absolute Gasteiger partial charge is 0.0456 e. The first-order chi connectivity index (χ1) is 4.31. The van der Waals surface area contributed by atoms with Crippen molar-refractivity contribution < 1.29 is 5.11 Å². The highest BCUT2D eigenvalue weighted by Gasteiger charge is 1.97. The first-order valence-electron chi connectivity index (χ1n) is 3.48. The van der Waals surface area contributed by atoms with E-state index in [1.165, 1.54) is 12.8 Å². The van der Waals surface area contributed by atoms with Gasteiger partial charge in [-0.25, -0.2) is 0 Å². The minimum Gasteiger partial charge on any atom is -0.396 e. The van der Waals surface area contributed by atoms with Crippen molar-refractivity contribution in [2.75, 3.05) is 11.9 Å². The van der Waals surface area contributed by atoms with Gasteiger partial charge < -0.3 is 5.11 Å². The molecule has 0 aromatic rings. The first-order valence-corrected chi connectivity index (χ1v) is 4.60. The second-order valence-electron chi connectivity index (χ2n) is 2.47. The Kier molecular flexibility index (Phi) is 6.88. The first kappa shape index (κ1) is 9.44. The Morgan fingerprint density at radius 1 is 1.44 bits per heavy atom. The molecule has 0 saturated heterocycles. The third-order valence-electron chi connectivity index (χ3n) is 1.39. The number of rotatable bonds is 5. The van der Waals surface area contributed by atoms with Crippen molar-refractivity contribution >= 4 is 15.9 Å². The molecule has 0 aromatic carbocycles. The van der Waals surface area contributed by atoms with Crippen molar-refractivity contribution in [1.29, 1.82) is 0 Å². The maximum atomic E-state index is 8.62. The highest BCUT2D eigenvalue weighted by Crippen LogP contribution is 2.07. The molecule has 2 heteroatoms. The zero-order chi connectivity index (χ0) is 7.11. The summed E-state index contributed by atoms with van der Waals surface area (Å²) >= 11 is 3.36. The van der Waals surface area contributed by atoms with E-state index in [4.69, 9.17) is 5.11 Å². The molecule has 1 nitrogen and oxygen atoms in total. The summed E-state index contributed by atoms with van der Waals surface area (Å²) in [4.78, 5) is 0. The molecule has 0 saturated carbocycles. The SMILES string of the molecule is C[C@H](CO)CCCCBr. The summed E-state index contributed by atoms with van der Waals surface area (Å²) in [6.45, 7) is 2.41. The van der Waals surface area contributed by atoms with Crippen molar-refractivity contribution in [3.63, 3.8) is 0 Å². The van der Waals surface area contributed by atoms with Gasteiger partial charge in [0.25, 0.3) is 0 Å². The van der Waals surface area contributed by atoms with Gasteiger partial charge in [0.1, 0.15) is 0 Å². The van der Waals surface area contributed by atoms with Crippen molar-refractivity contribution in [3.8, 4) is 0 Å². The lowest BCUT2D eigenvalue weighted by atomic mass is 10.1. The van der Waals surface area contributed by atoms with Crippen LogP contribution in [0.3, 0.4) is 0 Å². The number of aliphatic hydroxyl groups is 1. The predicted octanol–water partition coefficient (Wildman–Crippen LogP) is 2.18. The Balaban J connectivity index is 2.88. The summed E-state index contributed by atoms with van der Waals surface area (Å²) in [7, 11) is 0. The summed E-state index contributed by atoms with van der Waals surface area (Å²) in [5, 5.41) is 9.71. The maximum absolute atomic E-state index is 8.62. The quantitative estimate of drug-likeness (QED) is 0.526. The lowest BCUT2D eigenvalue weighted by molar-refractivity contribution is 0.228. The maximum Gasteiger partial charge on any atom is 0.0456 e. The molecule has 0 bridgehead atoms. The van der Waals surface area contributed by atoms with Crippen LogP contribution in [0.25, 0.3) is 0 Å². The average Bonchev–Trinajstić information content (AvgIpc) is 1.89. The van der Waals surface area contributed by atoms with Gasteiger partial charge in [-0.05, 0) is 18.8 Å². The Hall–Kier alpha value is 0.440. The minimum atomic E-state index is 0.336. The number of halogens is 1. The summed E-state index contributed by atoms with van der Waals surface area (Å²) in [5.41, 5.74) is 0. The van der Waals surface area contributed by atoms with Gasteiger partial charge in [-0.3, -0.25) is 0 Å². The predicted molar refractivity (Wildman–Crippen MR) is 43.9 cm³/mol. The molecule has 0 fully saturated rings. The van der Waals surface area contributed by atoms with E-state index in [0.29, 0.717) is 12.5 Å². The molecule has 0 aliphatic rings. The number of aliphatic hydroxyl groups excluding tert-OH is 1. The third kappa shape index (κ3) is 6.32. The van der Waals surface area contributed by atoms with Crippen LogP contribution in [0.2, 0.25) is 0 Å². The Bertz CT molecular complexity index is 56.9. The van der Waals surface area contributed by atoms with Crippen LogP contribution in [0.1, 0.15) is 26.2 Å². The van der Waals surface area contributed by atoms with Crippen molar-refractivity contribution in [2.45, 2.75) is 26.2 Å². The molecule has 0 unspecified atom stereocenters. The molecule has 56 valence electrons. The number of unbranched alkanes of at least 4 members (excludes halogenated alkanes) is 1. The Morgan fingerprint density at radius 2 is 2.11 bits per heavy atom. The normalized spacial score (nSPS) is 13.7. The fourth-order valence-electron chi connectivity index (χ4n) is 0.679. The zero-order valence-electron chi connectivity index (χ0n) is 5.94. The Morgan fingerprint density at radius 3 is 2.56 bits per heavy atom. The van der Waals surface area contributed by atoms with Crippen molar-refractivity contribution in [1.82, 2.24) is 0 Å². The molecular formula is C7H15BrO. The molecular weight excluding hydrogens is 180 g/mol. The van der Waals surface area contributed by atoms with Crippen LogP contribution in [0.15, 0.2) is 0 Å². The molecule has 0 heterocycles. The third-order valence-corrected chi connectivity index (χ3v) is 1.95. The van der Waals surface area contributed by atoms with Crippen LogP contribution in [-0.4, -0.2) is 17.0 Å². The fourth-order valence-corrected chi connectivity index (χ4v) is 1.08. The number of hydrogen-bond donors (Lipinski definition) is 1. The highest BCUT2D eigenvalue weighted by molar-refractivity contribution is 9.09. The van der Waals surface area contributed by atoms with Crippen LogP contribution in [0.5, 0.6) is 0 Å². The van der Waals surface area contributed by atoms with Gasteiger partial charge in [0.05, 0.1) is 0 Å². The van der Waals surface area contributed by atoms with E-state index in [-0.39, 0.29) is 0 Å². The number of alkyl halides is 1. The summed E-state index contributed by atoms with van der Waals surface area (Å²) in [6.07, 6.45) is 3.61. The van der Waals surface area contributed by atoms with Gasteiger partial charge >= 0.3 is 0 Å². The fraction of sp³-hybridized carbons (Fsp3) is 1.00. The summed E-state index contributed by atoms with van der Waals surface area (Å²) in [6, 6.07) is 0. The molecule has 9 heavy (non-hydrogen) atoms.